The summed E-state index contributed by atoms with van der Waals surface area (Å²) >= 11 is 6.83. The summed E-state index contributed by atoms with van der Waals surface area (Å²) in [4.78, 5) is 0. The fourth-order valence-corrected chi connectivity index (χ4v) is 2.05. The Hall–Kier alpha value is -0.260. The maximum absolute atomic E-state index is 5.58. The molecule has 0 amide bonds. The molecule has 82 valence electrons. The summed E-state index contributed by atoms with van der Waals surface area (Å²) in [5.74, 6) is 1.56. The zero-order valence-electron chi connectivity index (χ0n) is 8.13. The molecular weight excluding hydrogens is 328 g/mol. The monoisotopic (exact) mass is 336 g/mol. The lowest BCUT2D eigenvalue weighted by Crippen LogP contribution is -2.04. The van der Waals surface area contributed by atoms with Gasteiger partial charge in [0.15, 0.2) is 0 Å². The van der Waals surface area contributed by atoms with Gasteiger partial charge in [-0.1, -0.05) is 0 Å². The summed E-state index contributed by atoms with van der Waals surface area (Å²) in [5.41, 5.74) is 0. The van der Waals surface area contributed by atoms with E-state index in [9.17, 15) is 0 Å². The minimum Gasteiger partial charge on any atom is -0.496 e. The first-order valence-electron chi connectivity index (χ1n) is 4.48. The molecule has 0 spiro atoms. The third kappa shape index (κ3) is 2.86. The number of hydrogen-bond donors (Lipinski definition) is 0. The molecule has 1 fully saturated rings. The van der Waals surface area contributed by atoms with Crippen LogP contribution in [0.25, 0.3) is 0 Å². The standard InChI is InChI=1S/C10H10Br2O3/c1-13-9-2-8(12)10(3-7(9)11)15-5-6-4-14-6/h2-3,6H,4-5H2,1H3. The van der Waals surface area contributed by atoms with Crippen molar-refractivity contribution >= 4 is 31.9 Å². The van der Waals surface area contributed by atoms with Crippen molar-refractivity contribution in [3.05, 3.63) is 21.1 Å². The molecule has 1 saturated heterocycles. The van der Waals surface area contributed by atoms with Gasteiger partial charge in [0.05, 0.1) is 22.7 Å². The van der Waals surface area contributed by atoms with Crippen molar-refractivity contribution in [1.29, 1.82) is 0 Å². The van der Waals surface area contributed by atoms with Crippen LogP contribution in [0.15, 0.2) is 21.1 Å². The lowest BCUT2D eigenvalue weighted by molar-refractivity contribution is 0.261. The SMILES string of the molecule is COc1cc(Br)c(OCC2CO2)cc1Br. The number of halogens is 2. The maximum Gasteiger partial charge on any atom is 0.135 e. The molecule has 1 aliphatic rings. The smallest absolute Gasteiger partial charge is 0.135 e. The van der Waals surface area contributed by atoms with Crippen LogP contribution in [0.2, 0.25) is 0 Å². The molecule has 1 aromatic rings. The average molecular weight is 338 g/mol. The molecule has 3 nitrogen and oxygen atoms in total. The summed E-state index contributed by atoms with van der Waals surface area (Å²) < 4.78 is 17.6. The molecule has 1 unspecified atom stereocenters. The maximum atomic E-state index is 5.58. The average Bonchev–Trinajstić information content (AvgIpc) is 3.02. The Bertz CT molecular complexity index is 364. The molecule has 2 rings (SSSR count). The molecule has 5 heteroatoms. The first-order valence-corrected chi connectivity index (χ1v) is 6.06. The van der Waals surface area contributed by atoms with Crippen LogP contribution in [0.5, 0.6) is 11.5 Å². The topological polar surface area (TPSA) is 31.0 Å². The van der Waals surface area contributed by atoms with Crippen LogP contribution in [0.1, 0.15) is 0 Å². The van der Waals surface area contributed by atoms with Crippen molar-refractivity contribution in [2.45, 2.75) is 6.10 Å². The molecular formula is C10H10Br2O3. The third-order valence-electron chi connectivity index (χ3n) is 2.03. The van der Waals surface area contributed by atoms with Crippen LogP contribution in [-0.4, -0.2) is 26.4 Å². The highest BCUT2D eigenvalue weighted by Crippen LogP contribution is 2.36. The van der Waals surface area contributed by atoms with Gasteiger partial charge in [-0.05, 0) is 44.0 Å². The zero-order valence-corrected chi connectivity index (χ0v) is 11.3. The fourth-order valence-electron chi connectivity index (χ4n) is 1.12. The Labute approximate surface area is 105 Å². The molecule has 1 heterocycles. The minimum atomic E-state index is 0.262. The summed E-state index contributed by atoms with van der Waals surface area (Å²) in [6, 6.07) is 3.75. The highest BCUT2D eigenvalue weighted by molar-refractivity contribution is 9.11. The predicted octanol–water partition coefficient (Wildman–Crippen LogP) is 3.00. The van der Waals surface area contributed by atoms with E-state index in [-0.39, 0.29) is 6.10 Å². The van der Waals surface area contributed by atoms with E-state index in [1.54, 1.807) is 7.11 Å². The Morgan fingerprint density at radius 2 is 1.93 bits per heavy atom. The Morgan fingerprint density at radius 3 is 2.53 bits per heavy atom. The van der Waals surface area contributed by atoms with Gasteiger partial charge in [-0.25, -0.2) is 0 Å². The van der Waals surface area contributed by atoms with Gasteiger partial charge in [0.1, 0.15) is 24.2 Å². The van der Waals surface area contributed by atoms with E-state index >= 15 is 0 Å². The summed E-state index contributed by atoms with van der Waals surface area (Å²) in [6.45, 7) is 1.40. The first kappa shape index (κ1) is 11.2. The second-order valence-electron chi connectivity index (χ2n) is 3.18. The summed E-state index contributed by atoms with van der Waals surface area (Å²) in [6.07, 6.45) is 0.262. The van der Waals surface area contributed by atoms with Crippen LogP contribution in [0.4, 0.5) is 0 Å². The normalized spacial score (nSPS) is 18.7. The number of methoxy groups -OCH3 is 1. The molecule has 0 bridgehead atoms. The van der Waals surface area contributed by atoms with Crippen LogP contribution >= 0.6 is 31.9 Å². The predicted molar refractivity (Wildman–Crippen MR) is 63.6 cm³/mol. The van der Waals surface area contributed by atoms with Gasteiger partial charge in [-0.3, -0.25) is 0 Å². The Balaban J connectivity index is 2.11. The van der Waals surface area contributed by atoms with Gasteiger partial charge in [-0.15, -0.1) is 0 Å². The molecule has 0 aromatic heterocycles. The molecule has 0 radical (unpaired) electrons. The molecule has 1 aromatic carbocycles. The second-order valence-corrected chi connectivity index (χ2v) is 4.89. The van der Waals surface area contributed by atoms with Crippen molar-refractivity contribution in [1.82, 2.24) is 0 Å². The summed E-state index contributed by atoms with van der Waals surface area (Å²) in [5, 5.41) is 0. The molecule has 0 saturated carbocycles. The van der Waals surface area contributed by atoms with Gasteiger partial charge in [0.2, 0.25) is 0 Å². The highest BCUT2D eigenvalue weighted by atomic mass is 79.9. The van der Waals surface area contributed by atoms with Crippen molar-refractivity contribution < 1.29 is 14.2 Å². The quantitative estimate of drug-likeness (QED) is 0.791. The molecule has 15 heavy (non-hydrogen) atoms. The molecule has 1 atom stereocenters. The van der Waals surface area contributed by atoms with E-state index in [1.165, 1.54) is 0 Å². The van der Waals surface area contributed by atoms with Crippen molar-refractivity contribution in [2.75, 3.05) is 20.3 Å². The van der Waals surface area contributed by atoms with E-state index < -0.39 is 0 Å². The first-order chi connectivity index (χ1) is 7.20. The van der Waals surface area contributed by atoms with Crippen molar-refractivity contribution in [3.8, 4) is 11.5 Å². The fraction of sp³-hybridized carbons (Fsp3) is 0.400. The molecule has 0 aliphatic carbocycles. The number of hydrogen-bond acceptors (Lipinski definition) is 3. The number of benzene rings is 1. The van der Waals surface area contributed by atoms with Gasteiger partial charge in [0, 0.05) is 0 Å². The van der Waals surface area contributed by atoms with E-state index in [1.807, 2.05) is 12.1 Å². The largest absolute Gasteiger partial charge is 0.496 e. The van der Waals surface area contributed by atoms with Crippen LogP contribution in [0.3, 0.4) is 0 Å². The number of rotatable bonds is 4. The minimum absolute atomic E-state index is 0.262. The highest BCUT2D eigenvalue weighted by Gasteiger charge is 2.23. The summed E-state index contributed by atoms with van der Waals surface area (Å²) in [7, 11) is 1.63. The van der Waals surface area contributed by atoms with Gasteiger partial charge < -0.3 is 14.2 Å². The van der Waals surface area contributed by atoms with E-state index in [0.29, 0.717) is 6.61 Å². The molecule has 1 aliphatic heterocycles. The number of ether oxygens (including phenoxy) is 3. The number of epoxide rings is 1. The van der Waals surface area contributed by atoms with E-state index in [2.05, 4.69) is 31.9 Å². The van der Waals surface area contributed by atoms with Crippen LogP contribution < -0.4 is 9.47 Å². The van der Waals surface area contributed by atoms with Crippen molar-refractivity contribution in [3.63, 3.8) is 0 Å². The lowest BCUT2D eigenvalue weighted by Gasteiger charge is -2.10. The van der Waals surface area contributed by atoms with Crippen LogP contribution in [-0.2, 0) is 4.74 Å². The van der Waals surface area contributed by atoms with Crippen molar-refractivity contribution in [2.24, 2.45) is 0 Å². The Morgan fingerprint density at radius 1 is 1.33 bits per heavy atom. The third-order valence-corrected chi connectivity index (χ3v) is 3.27. The van der Waals surface area contributed by atoms with E-state index in [4.69, 9.17) is 14.2 Å². The van der Waals surface area contributed by atoms with E-state index in [0.717, 1.165) is 27.1 Å². The second kappa shape index (κ2) is 4.72. The Kier molecular flexibility index (Phi) is 3.53. The van der Waals surface area contributed by atoms with Gasteiger partial charge >= 0.3 is 0 Å². The lowest BCUT2D eigenvalue weighted by atomic mass is 10.3. The van der Waals surface area contributed by atoms with Crippen LogP contribution in [0, 0.1) is 0 Å². The molecule has 0 N–H and O–H groups in total. The van der Waals surface area contributed by atoms with Gasteiger partial charge in [-0.2, -0.15) is 0 Å². The van der Waals surface area contributed by atoms with Gasteiger partial charge in [0.25, 0.3) is 0 Å². The zero-order chi connectivity index (χ0) is 10.8.